The minimum absolute atomic E-state index is 0.0179. The van der Waals surface area contributed by atoms with E-state index < -0.39 is 11.2 Å². The summed E-state index contributed by atoms with van der Waals surface area (Å²) in [5.74, 6) is 0.0792. The van der Waals surface area contributed by atoms with Crippen molar-refractivity contribution in [2.45, 2.75) is 77.4 Å². The summed E-state index contributed by atoms with van der Waals surface area (Å²) in [6, 6.07) is 0. The second-order valence-corrected chi connectivity index (χ2v) is 9.37. The minimum atomic E-state index is -0.484. The van der Waals surface area contributed by atoms with Gasteiger partial charge in [0.15, 0.2) is 5.78 Å². The minimum Gasteiger partial charge on any atom is -0.463 e. The van der Waals surface area contributed by atoms with E-state index in [2.05, 4.69) is 20.8 Å². The van der Waals surface area contributed by atoms with Crippen molar-refractivity contribution in [3.63, 3.8) is 0 Å². The number of esters is 1. The van der Waals surface area contributed by atoms with Crippen LogP contribution in [0.25, 0.3) is 0 Å². The Bertz CT molecular complexity index is 648. The molecule has 0 amide bonds. The van der Waals surface area contributed by atoms with Crippen molar-refractivity contribution in [2.75, 3.05) is 6.61 Å². The molecule has 2 spiro atoms. The van der Waals surface area contributed by atoms with E-state index in [1.165, 1.54) is 0 Å². The predicted molar refractivity (Wildman–Crippen MR) is 89.4 cm³/mol. The van der Waals surface area contributed by atoms with Crippen LogP contribution in [0.3, 0.4) is 0 Å². The fourth-order valence-electron chi connectivity index (χ4n) is 6.42. The van der Waals surface area contributed by atoms with Gasteiger partial charge in [0.05, 0.1) is 12.0 Å². The summed E-state index contributed by atoms with van der Waals surface area (Å²) in [5, 5.41) is 0. The molecular weight excluding hydrogens is 304 g/mol. The number of ether oxygens (including phenoxy) is 2. The Hall–Kier alpha value is -1.16. The fourth-order valence-corrected chi connectivity index (χ4v) is 6.42. The molecule has 4 atom stereocenters. The van der Waals surface area contributed by atoms with E-state index in [1.54, 1.807) is 0 Å². The predicted octanol–water partition coefficient (Wildman–Crippen LogP) is 3.58. The Labute approximate surface area is 144 Å². The normalized spacial score (nSPS) is 47.0. The second-order valence-electron chi connectivity index (χ2n) is 9.37. The molecule has 2 aliphatic heterocycles. The van der Waals surface area contributed by atoms with E-state index >= 15 is 0 Å². The van der Waals surface area contributed by atoms with Crippen LogP contribution in [0.5, 0.6) is 0 Å². The van der Waals surface area contributed by atoms with Crippen LogP contribution in [0.4, 0.5) is 0 Å². The molecule has 4 rings (SSSR count). The zero-order chi connectivity index (χ0) is 17.4. The number of carbonyl (C=O) groups excluding carboxylic acids is 2. The first kappa shape index (κ1) is 16.3. The molecule has 0 N–H and O–H groups in total. The SMILES string of the molecule is CC1=CC(=O)[C@H]2C(C)(C)CCC[C@]2(C)[C@@]12CC[C@]1(COC(=O)C1)O2. The van der Waals surface area contributed by atoms with Crippen molar-refractivity contribution < 1.29 is 19.1 Å². The van der Waals surface area contributed by atoms with Crippen molar-refractivity contribution in [1.29, 1.82) is 0 Å². The summed E-state index contributed by atoms with van der Waals surface area (Å²) in [7, 11) is 0. The van der Waals surface area contributed by atoms with Gasteiger partial charge in [-0.15, -0.1) is 0 Å². The summed E-state index contributed by atoms with van der Waals surface area (Å²) in [6.07, 6.45) is 7.09. The Kier molecular flexibility index (Phi) is 3.21. The van der Waals surface area contributed by atoms with Crippen LogP contribution in [0.2, 0.25) is 0 Å². The van der Waals surface area contributed by atoms with Gasteiger partial charge < -0.3 is 9.47 Å². The Morgan fingerprint density at radius 1 is 1.08 bits per heavy atom. The van der Waals surface area contributed by atoms with E-state index in [-0.39, 0.29) is 28.5 Å². The van der Waals surface area contributed by atoms with Crippen LogP contribution in [-0.2, 0) is 19.1 Å². The summed E-state index contributed by atoms with van der Waals surface area (Å²) >= 11 is 0. The van der Waals surface area contributed by atoms with E-state index in [1.807, 2.05) is 13.0 Å². The van der Waals surface area contributed by atoms with Gasteiger partial charge in [-0.3, -0.25) is 9.59 Å². The first-order chi connectivity index (χ1) is 11.1. The summed E-state index contributed by atoms with van der Waals surface area (Å²) in [4.78, 5) is 24.7. The third kappa shape index (κ3) is 1.89. The molecule has 4 heteroatoms. The molecule has 4 aliphatic rings. The highest BCUT2D eigenvalue weighted by atomic mass is 16.6. The number of cyclic esters (lactones) is 1. The van der Waals surface area contributed by atoms with Gasteiger partial charge in [0, 0.05) is 11.3 Å². The van der Waals surface area contributed by atoms with Gasteiger partial charge in [0.2, 0.25) is 0 Å². The molecule has 0 aromatic carbocycles. The summed E-state index contributed by atoms with van der Waals surface area (Å²) in [5.41, 5.74) is -0.103. The Morgan fingerprint density at radius 2 is 1.83 bits per heavy atom. The summed E-state index contributed by atoms with van der Waals surface area (Å²) < 4.78 is 12.0. The molecule has 0 bridgehead atoms. The number of allylic oxidation sites excluding steroid dienone is 1. The lowest BCUT2D eigenvalue weighted by atomic mass is 9.46. The molecule has 24 heavy (non-hydrogen) atoms. The number of carbonyl (C=O) groups is 2. The number of rotatable bonds is 0. The highest BCUT2D eigenvalue weighted by Crippen LogP contribution is 2.65. The molecule has 0 aromatic heterocycles. The van der Waals surface area contributed by atoms with Gasteiger partial charge in [-0.25, -0.2) is 0 Å². The quantitative estimate of drug-likeness (QED) is 0.636. The molecular formula is C20H28O4. The molecule has 3 fully saturated rings. The lowest BCUT2D eigenvalue weighted by Gasteiger charge is -2.60. The van der Waals surface area contributed by atoms with Crippen LogP contribution >= 0.6 is 0 Å². The maximum absolute atomic E-state index is 13.0. The maximum Gasteiger partial charge on any atom is 0.308 e. The van der Waals surface area contributed by atoms with Crippen molar-refractivity contribution in [1.82, 2.24) is 0 Å². The zero-order valence-electron chi connectivity index (χ0n) is 15.2. The lowest BCUT2D eigenvalue weighted by Crippen LogP contribution is -2.62. The zero-order valence-corrected chi connectivity index (χ0v) is 15.2. The molecule has 2 saturated heterocycles. The molecule has 2 aliphatic carbocycles. The number of hydrogen-bond donors (Lipinski definition) is 0. The van der Waals surface area contributed by atoms with Crippen molar-refractivity contribution >= 4 is 11.8 Å². The second kappa shape index (κ2) is 4.72. The molecule has 0 aromatic rings. The van der Waals surface area contributed by atoms with E-state index in [0.29, 0.717) is 13.0 Å². The van der Waals surface area contributed by atoms with Gasteiger partial charge in [-0.2, -0.15) is 0 Å². The molecule has 1 saturated carbocycles. The highest BCUT2D eigenvalue weighted by Gasteiger charge is 2.68. The molecule has 2 heterocycles. The first-order valence-corrected chi connectivity index (χ1v) is 9.23. The van der Waals surface area contributed by atoms with Gasteiger partial charge in [0.25, 0.3) is 0 Å². The molecule has 0 radical (unpaired) electrons. The van der Waals surface area contributed by atoms with Crippen LogP contribution in [0.15, 0.2) is 11.6 Å². The third-order valence-corrected chi connectivity index (χ3v) is 7.42. The largest absolute Gasteiger partial charge is 0.463 e. The van der Waals surface area contributed by atoms with Crippen molar-refractivity contribution in [2.24, 2.45) is 16.7 Å². The fraction of sp³-hybridized carbons (Fsp3) is 0.800. The smallest absolute Gasteiger partial charge is 0.308 e. The van der Waals surface area contributed by atoms with Crippen LogP contribution < -0.4 is 0 Å². The van der Waals surface area contributed by atoms with Gasteiger partial charge in [-0.1, -0.05) is 27.2 Å². The van der Waals surface area contributed by atoms with Crippen LogP contribution in [-0.4, -0.2) is 29.6 Å². The Balaban J connectivity index is 1.81. The maximum atomic E-state index is 13.0. The van der Waals surface area contributed by atoms with Crippen molar-refractivity contribution in [3.05, 3.63) is 11.6 Å². The summed E-state index contributed by atoms with van der Waals surface area (Å²) in [6.45, 7) is 9.10. The van der Waals surface area contributed by atoms with E-state index in [4.69, 9.17) is 9.47 Å². The highest BCUT2D eigenvalue weighted by molar-refractivity contribution is 5.95. The van der Waals surface area contributed by atoms with Crippen molar-refractivity contribution in [3.8, 4) is 0 Å². The average Bonchev–Trinajstić information content (AvgIpc) is 3.01. The third-order valence-electron chi connectivity index (χ3n) is 7.42. The molecule has 132 valence electrons. The first-order valence-electron chi connectivity index (χ1n) is 9.23. The number of hydrogen-bond acceptors (Lipinski definition) is 4. The van der Waals surface area contributed by atoms with E-state index in [9.17, 15) is 9.59 Å². The monoisotopic (exact) mass is 332 g/mol. The lowest BCUT2D eigenvalue weighted by molar-refractivity contribution is -0.193. The van der Waals surface area contributed by atoms with Gasteiger partial charge in [-0.05, 0) is 49.7 Å². The van der Waals surface area contributed by atoms with E-state index in [0.717, 1.165) is 37.7 Å². The standard InChI is InChI=1S/C20H28O4/c1-13-10-14(21)16-17(2,3)6-5-7-18(16,4)20(13)9-8-19(24-20)11-15(22)23-12-19/h10,16H,5-9,11-12H2,1-4H3/t16-,18-,19-,20+/m0/s1. The van der Waals surface area contributed by atoms with Crippen LogP contribution in [0.1, 0.15) is 66.2 Å². The topological polar surface area (TPSA) is 52.6 Å². The van der Waals surface area contributed by atoms with Gasteiger partial charge >= 0.3 is 5.97 Å². The number of ketones is 1. The molecule has 4 nitrogen and oxygen atoms in total. The number of fused-ring (bicyclic) bond motifs is 2. The molecule has 0 unspecified atom stereocenters. The average molecular weight is 332 g/mol. The Morgan fingerprint density at radius 3 is 2.50 bits per heavy atom. The van der Waals surface area contributed by atoms with Crippen LogP contribution in [0, 0.1) is 16.7 Å². The van der Waals surface area contributed by atoms with Gasteiger partial charge in [0.1, 0.15) is 12.2 Å².